The molecule has 0 unspecified atom stereocenters. The smallest absolute Gasteiger partial charge is 0.163 e. The average Bonchev–Trinajstić information content (AvgIpc) is 2.30. The molecule has 5 heteroatoms. The van der Waals surface area contributed by atoms with Crippen molar-refractivity contribution in [1.29, 1.82) is 0 Å². The summed E-state index contributed by atoms with van der Waals surface area (Å²) < 4.78 is 14.1. The van der Waals surface area contributed by atoms with Crippen LogP contribution in [0.5, 0.6) is 0 Å². The predicted octanol–water partition coefficient (Wildman–Crippen LogP) is 4.06. The first-order chi connectivity index (χ1) is 8.90. The first-order valence-corrected chi connectivity index (χ1v) is 6.79. The van der Waals surface area contributed by atoms with Crippen molar-refractivity contribution in [3.05, 3.63) is 39.7 Å². The van der Waals surface area contributed by atoms with Crippen LogP contribution >= 0.6 is 15.9 Å². The zero-order valence-corrected chi connectivity index (χ0v) is 12.6. The molecule has 0 spiro atoms. The molecule has 0 amide bonds. The average molecular weight is 324 g/mol. The van der Waals surface area contributed by atoms with E-state index >= 15 is 0 Å². The molecular weight excluding hydrogens is 309 g/mol. The minimum atomic E-state index is -0.328. The molecule has 2 aromatic rings. The van der Waals surface area contributed by atoms with Gasteiger partial charge in [0.25, 0.3) is 0 Å². The topological polar surface area (TPSA) is 51.8 Å². The summed E-state index contributed by atoms with van der Waals surface area (Å²) in [5.74, 6) is 0.815. The van der Waals surface area contributed by atoms with Crippen LogP contribution in [-0.2, 0) is 0 Å². The second-order valence-corrected chi connectivity index (χ2v) is 5.56. The largest absolute Gasteiger partial charge is 0.383 e. The lowest BCUT2D eigenvalue weighted by Gasteiger charge is -2.13. The minimum Gasteiger partial charge on any atom is -0.383 e. The van der Waals surface area contributed by atoms with Gasteiger partial charge in [0.05, 0.1) is 0 Å². The van der Waals surface area contributed by atoms with E-state index in [1.54, 1.807) is 6.07 Å². The number of aromatic nitrogens is 2. The molecule has 0 radical (unpaired) electrons. The van der Waals surface area contributed by atoms with Gasteiger partial charge in [0, 0.05) is 21.3 Å². The van der Waals surface area contributed by atoms with E-state index in [9.17, 15) is 4.39 Å². The summed E-state index contributed by atoms with van der Waals surface area (Å²) in [6.45, 7) is 5.98. The number of nitrogens with two attached hydrogens (primary N) is 1. The van der Waals surface area contributed by atoms with Crippen LogP contribution in [-0.4, -0.2) is 9.97 Å². The molecule has 2 N–H and O–H groups in total. The van der Waals surface area contributed by atoms with E-state index in [0.29, 0.717) is 17.2 Å². The predicted molar refractivity (Wildman–Crippen MR) is 78.4 cm³/mol. The van der Waals surface area contributed by atoms with Crippen LogP contribution in [0.25, 0.3) is 11.4 Å². The molecule has 2 rings (SSSR count). The van der Waals surface area contributed by atoms with Gasteiger partial charge in [-0.3, -0.25) is 0 Å². The molecule has 3 nitrogen and oxygen atoms in total. The number of halogens is 2. The Kier molecular flexibility index (Phi) is 3.85. The lowest BCUT2D eigenvalue weighted by molar-refractivity contribution is 0.628. The van der Waals surface area contributed by atoms with Crippen LogP contribution in [0.3, 0.4) is 0 Å². The highest BCUT2D eigenvalue weighted by Gasteiger charge is 2.15. The van der Waals surface area contributed by atoms with Crippen molar-refractivity contribution in [1.82, 2.24) is 9.97 Å². The molecule has 0 bridgehead atoms. The lowest BCUT2D eigenvalue weighted by atomic mass is 10.0. The van der Waals surface area contributed by atoms with Crippen LogP contribution in [0.15, 0.2) is 22.7 Å². The van der Waals surface area contributed by atoms with Crippen LogP contribution in [0, 0.1) is 12.7 Å². The molecule has 19 heavy (non-hydrogen) atoms. The van der Waals surface area contributed by atoms with Crippen molar-refractivity contribution in [2.75, 3.05) is 5.73 Å². The third-order valence-corrected chi connectivity index (χ3v) is 3.60. The minimum absolute atomic E-state index is 0.255. The molecule has 0 aliphatic carbocycles. The molecule has 0 atom stereocenters. The molecule has 0 aliphatic rings. The Morgan fingerprint density at radius 2 is 1.95 bits per heavy atom. The Bertz CT molecular complexity index is 603. The van der Waals surface area contributed by atoms with Gasteiger partial charge >= 0.3 is 0 Å². The van der Waals surface area contributed by atoms with Gasteiger partial charge in [-0.15, -0.1) is 0 Å². The highest BCUT2D eigenvalue weighted by atomic mass is 79.9. The molecular formula is C14H15BrFN3. The maximum atomic E-state index is 13.3. The summed E-state index contributed by atoms with van der Waals surface area (Å²) in [4.78, 5) is 8.74. The van der Waals surface area contributed by atoms with Crippen molar-refractivity contribution < 1.29 is 4.39 Å². The van der Waals surface area contributed by atoms with E-state index < -0.39 is 0 Å². The van der Waals surface area contributed by atoms with E-state index in [0.717, 1.165) is 15.7 Å². The van der Waals surface area contributed by atoms with Crippen molar-refractivity contribution in [3.63, 3.8) is 0 Å². The molecule has 0 saturated carbocycles. The number of aryl methyl sites for hydroxylation is 1. The molecule has 1 heterocycles. The number of hydrogen-bond donors (Lipinski definition) is 1. The lowest BCUT2D eigenvalue weighted by Crippen LogP contribution is -2.06. The fourth-order valence-corrected chi connectivity index (χ4v) is 2.53. The maximum absolute atomic E-state index is 13.3. The first kappa shape index (κ1) is 13.9. The highest BCUT2D eigenvalue weighted by molar-refractivity contribution is 9.10. The van der Waals surface area contributed by atoms with E-state index in [2.05, 4.69) is 25.9 Å². The van der Waals surface area contributed by atoms with E-state index in [1.807, 2.05) is 20.8 Å². The Hall–Kier alpha value is -1.49. The second kappa shape index (κ2) is 5.25. The third-order valence-electron chi connectivity index (χ3n) is 2.91. The summed E-state index contributed by atoms with van der Waals surface area (Å²) in [6, 6.07) is 4.41. The summed E-state index contributed by atoms with van der Waals surface area (Å²) >= 11 is 3.38. The summed E-state index contributed by atoms with van der Waals surface area (Å²) in [6.07, 6.45) is 0. The fraction of sp³-hybridized carbons (Fsp3) is 0.286. The normalized spacial score (nSPS) is 11.1. The number of nitrogen functional groups attached to an aromatic ring is 1. The molecule has 1 aromatic heterocycles. The van der Waals surface area contributed by atoms with Crippen molar-refractivity contribution in [2.45, 2.75) is 26.7 Å². The number of benzene rings is 1. The van der Waals surface area contributed by atoms with E-state index in [1.165, 1.54) is 12.1 Å². The van der Waals surface area contributed by atoms with Crippen molar-refractivity contribution >= 4 is 21.7 Å². The molecule has 1 aromatic carbocycles. The molecule has 0 fully saturated rings. The standard InChI is InChI=1S/C14H15BrFN3/c1-7(2)12-8(3)18-14(19-13(12)17)10-6-9(16)4-5-11(10)15/h4-7H,1-3H3,(H2,17,18,19). The van der Waals surface area contributed by atoms with E-state index in [4.69, 9.17) is 5.73 Å². The quantitative estimate of drug-likeness (QED) is 0.906. The highest BCUT2D eigenvalue weighted by Crippen LogP contribution is 2.30. The van der Waals surface area contributed by atoms with Gasteiger partial charge in [-0.05, 0) is 31.0 Å². The van der Waals surface area contributed by atoms with Gasteiger partial charge < -0.3 is 5.73 Å². The molecule has 100 valence electrons. The van der Waals surface area contributed by atoms with Gasteiger partial charge in [-0.25, -0.2) is 14.4 Å². The fourth-order valence-electron chi connectivity index (χ4n) is 2.11. The van der Waals surface area contributed by atoms with Crippen molar-refractivity contribution in [2.24, 2.45) is 0 Å². The Labute approximate surface area is 120 Å². The summed E-state index contributed by atoms with van der Waals surface area (Å²) in [5.41, 5.74) is 8.36. The van der Waals surface area contributed by atoms with Crippen molar-refractivity contribution in [3.8, 4) is 11.4 Å². The van der Waals surface area contributed by atoms with Crippen LogP contribution in [0.1, 0.15) is 31.0 Å². The zero-order valence-electron chi connectivity index (χ0n) is 11.0. The van der Waals surface area contributed by atoms with Gasteiger partial charge in [-0.1, -0.05) is 29.8 Å². The Morgan fingerprint density at radius 1 is 1.26 bits per heavy atom. The number of anilines is 1. The number of rotatable bonds is 2. The zero-order chi connectivity index (χ0) is 14.2. The molecule has 0 saturated heterocycles. The van der Waals surface area contributed by atoms with Crippen LogP contribution < -0.4 is 5.73 Å². The van der Waals surface area contributed by atoms with Crippen LogP contribution in [0.2, 0.25) is 0 Å². The number of hydrogen-bond acceptors (Lipinski definition) is 3. The monoisotopic (exact) mass is 323 g/mol. The van der Waals surface area contributed by atoms with Gasteiger partial charge in [0.15, 0.2) is 5.82 Å². The number of nitrogens with zero attached hydrogens (tertiary/aromatic N) is 2. The Morgan fingerprint density at radius 3 is 2.53 bits per heavy atom. The van der Waals surface area contributed by atoms with Gasteiger partial charge in [-0.2, -0.15) is 0 Å². The summed E-state index contributed by atoms with van der Waals surface area (Å²) in [7, 11) is 0. The first-order valence-electron chi connectivity index (χ1n) is 5.99. The second-order valence-electron chi connectivity index (χ2n) is 4.71. The van der Waals surface area contributed by atoms with E-state index in [-0.39, 0.29) is 11.7 Å². The Balaban J connectivity index is 2.62. The van der Waals surface area contributed by atoms with Crippen LogP contribution in [0.4, 0.5) is 10.2 Å². The van der Waals surface area contributed by atoms with Gasteiger partial charge in [0.2, 0.25) is 0 Å². The SMILES string of the molecule is Cc1nc(-c2cc(F)ccc2Br)nc(N)c1C(C)C. The third kappa shape index (κ3) is 2.76. The van der Waals surface area contributed by atoms with Gasteiger partial charge in [0.1, 0.15) is 11.6 Å². The summed E-state index contributed by atoms with van der Waals surface area (Å²) in [5, 5.41) is 0. The molecule has 0 aliphatic heterocycles. The maximum Gasteiger partial charge on any atom is 0.163 e.